The number of fused-ring (bicyclic) bond motifs is 2. The van der Waals surface area contributed by atoms with Gasteiger partial charge >= 0.3 is 5.97 Å². The quantitative estimate of drug-likeness (QED) is 0.683. The molecule has 0 radical (unpaired) electrons. The van der Waals surface area contributed by atoms with Gasteiger partial charge in [0.05, 0.1) is 11.3 Å². The van der Waals surface area contributed by atoms with E-state index in [4.69, 9.17) is 28.3 Å². The Hall–Kier alpha value is -2.63. The van der Waals surface area contributed by atoms with E-state index in [2.05, 4.69) is 4.98 Å². The summed E-state index contributed by atoms with van der Waals surface area (Å²) in [5, 5.41) is 10.2. The first-order valence-corrected chi connectivity index (χ1v) is 9.14. The molecule has 1 aliphatic rings. The van der Waals surface area contributed by atoms with Gasteiger partial charge in [0.1, 0.15) is 5.65 Å². The lowest BCUT2D eigenvalue weighted by Crippen LogP contribution is -2.25. The predicted molar refractivity (Wildman–Crippen MR) is 106 cm³/mol. The summed E-state index contributed by atoms with van der Waals surface area (Å²) in [4.78, 5) is 28.7. The van der Waals surface area contributed by atoms with E-state index in [0.29, 0.717) is 33.4 Å². The number of hydrogen-bond acceptors (Lipinski definition) is 3. The van der Waals surface area contributed by atoms with Crippen molar-refractivity contribution in [3.05, 3.63) is 79.3 Å². The van der Waals surface area contributed by atoms with Crippen molar-refractivity contribution in [1.29, 1.82) is 0 Å². The van der Waals surface area contributed by atoms with Crippen molar-refractivity contribution in [3.8, 4) is 0 Å². The Kier molecular flexibility index (Phi) is 4.50. The first-order valence-electron chi connectivity index (χ1n) is 8.38. The van der Waals surface area contributed by atoms with E-state index in [1.165, 1.54) is 16.7 Å². The second kappa shape index (κ2) is 6.83. The zero-order valence-electron chi connectivity index (χ0n) is 14.1. The lowest BCUT2D eigenvalue weighted by molar-refractivity contribution is 0.0696. The topological polar surface area (TPSA) is 71.7 Å². The zero-order chi connectivity index (χ0) is 19.1. The lowest BCUT2D eigenvalue weighted by Gasteiger charge is -2.19. The predicted octanol–water partition coefficient (Wildman–Crippen LogP) is 4.58. The SMILES string of the molecule is O=C(O)c1ccc2nc3c(c(=O)n2c1)CCC/C3=C/c1ccc(Cl)cc1Cl. The number of allylic oxidation sites excluding steroid dienone is 1. The van der Waals surface area contributed by atoms with Crippen molar-refractivity contribution in [2.45, 2.75) is 19.3 Å². The number of carboxylic acid groups (broad SMARTS) is 1. The molecule has 0 unspecified atom stereocenters. The molecule has 2 heterocycles. The van der Waals surface area contributed by atoms with Crippen LogP contribution in [0.15, 0.2) is 41.3 Å². The highest BCUT2D eigenvalue weighted by Crippen LogP contribution is 2.32. The summed E-state index contributed by atoms with van der Waals surface area (Å²) in [7, 11) is 0. The Morgan fingerprint density at radius 3 is 2.74 bits per heavy atom. The van der Waals surface area contributed by atoms with Crippen LogP contribution in [0.4, 0.5) is 0 Å². The normalized spacial score (nSPS) is 15.1. The van der Waals surface area contributed by atoms with Crippen molar-refractivity contribution >= 4 is 46.5 Å². The average Bonchev–Trinajstić information content (AvgIpc) is 2.64. The summed E-state index contributed by atoms with van der Waals surface area (Å²) in [6.45, 7) is 0. The molecule has 0 aliphatic heterocycles. The molecule has 0 fully saturated rings. The van der Waals surface area contributed by atoms with Crippen molar-refractivity contribution in [2.75, 3.05) is 0 Å². The van der Waals surface area contributed by atoms with Crippen LogP contribution in [0.25, 0.3) is 17.3 Å². The fourth-order valence-corrected chi connectivity index (χ4v) is 3.78. The molecule has 0 amide bonds. The molecule has 0 saturated carbocycles. The second-order valence-electron chi connectivity index (χ2n) is 6.38. The molecule has 1 aliphatic carbocycles. The number of rotatable bonds is 2. The summed E-state index contributed by atoms with van der Waals surface area (Å²) < 4.78 is 1.31. The molecule has 1 N–H and O–H groups in total. The van der Waals surface area contributed by atoms with Gasteiger partial charge in [-0.2, -0.15) is 0 Å². The van der Waals surface area contributed by atoms with Gasteiger partial charge in [-0.3, -0.25) is 9.20 Å². The van der Waals surface area contributed by atoms with Gasteiger partial charge in [-0.15, -0.1) is 0 Å². The van der Waals surface area contributed by atoms with Crippen LogP contribution in [0.2, 0.25) is 10.0 Å². The number of aromatic nitrogens is 2. The summed E-state index contributed by atoms with van der Waals surface area (Å²) in [5.41, 5.74) is 3.23. The highest BCUT2D eigenvalue weighted by atomic mass is 35.5. The Bertz CT molecular complexity index is 1180. The highest BCUT2D eigenvalue weighted by molar-refractivity contribution is 6.35. The third kappa shape index (κ3) is 3.24. The van der Waals surface area contributed by atoms with Crippen molar-refractivity contribution < 1.29 is 9.90 Å². The molecular weight excluding hydrogens is 387 g/mol. The van der Waals surface area contributed by atoms with E-state index < -0.39 is 5.97 Å². The van der Waals surface area contributed by atoms with Crippen LogP contribution in [-0.4, -0.2) is 20.5 Å². The van der Waals surface area contributed by atoms with Crippen LogP contribution >= 0.6 is 23.2 Å². The van der Waals surface area contributed by atoms with Crippen molar-refractivity contribution in [3.63, 3.8) is 0 Å². The molecule has 0 bridgehead atoms. The summed E-state index contributed by atoms with van der Waals surface area (Å²) in [5.74, 6) is -1.08. The maximum absolute atomic E-state index is 12.9. The fraction of sp³-hybridized carbons (Fsp3) is 0.150. The lowest BCUT2D eigenvalue weighted by atomic mass is 9.90. The third-order valence-electron chi connectivity index (χ3n) is 4.63. The van der Waals surface area contributed by atoms with Gasteiger partial charge in [-0.05, 0) is 60.7 Å². The van der Waals surface area contributed by atoms with Crippen LogP contribution in [0, 0.1) is 0 Å². The van der Waals surface area contributed by atoms with E-state index in [9.17, 15) is 9.59 Å². The Labute approximate surface area is 164 Å². The van der Waals surface area contributed by atoms with Gasteiger partial charge in [-0.25, -0.2) is 9.78 Å². The summed E-state index contributed by atoms with van der Waals surface area (Å²) in [6, 6.07) is 8.26. The minimum Gasteiger partial charge on any atom is -0.478 e. The number of carbonyl (C=O) groups is 1. The third-order valence-corrected chi connectivity index (χ3v) is 5.19. The molecular formula is C20H14Cl2N2O3. The number of benzene rings is 1. The number of pyridine rings is 1. The molecule has 2 aromatic heterocycles. The number of halogens is 2. The molecule has 136 valence electrons. The van der Waals surface area contributed by atoms with E-state index >= 15 is 0 Å². The van der Waals surface area contributed by atoms with Crippen molar-refractivity contribution in [1.82, 2.24) is 9.38 Å². The minimum atomic E-state index is -1.08. The van der Waals surface area contributed by atoms with Crippen LogP contribution in [0.3, 0.4) is 0 Å². The Morgan fingerprint density at radius 2 is 2.00 bits per heavy atom. The fourth-order valence-electron chi connectivity index (χ4n) is 3.31. The number of nitrogens with zero attached hydrogens (tertiary/aromatic N) is 2. The van der Waals surface area contributed by atoms with Crippen LogP contribution in [0.5, 0.6) is 0 Å². The van der Waals surface area contributed by atoms with E-state index in [1.807, 2.05) is 12.1 Å². The molecule has 4 rings (SSSR count). The first-order chi connectivity index (χ1) is 12.9. The van der Waals surface area contributed by atoms with Gasteiger partial charge in [-0.1, -0.05) is 29.3 Å². The minimum absolute atomic E-state index is 0.0471. The smallest absolute Gasteiger partial charge is 0.337 e. The maximum atomic E-state index is 12.9. The monoisotopic (exact) mass is 400 g/mol. The molecule has 5 nitrogen and oxygen atoms in total. The van der Waals surface area contributed by atoms with E-state index in [1.54, 1.807) is 18.2 Å². The van der Waals surface area contributed by atoms with Crippen LogP contribution < -0.4 is 5.56 Å². The second-order valence-corrected chi connectivity index (χ2v) is 7.23. The first kappa shape index (κ1) is 17.8. The Morgan fingerprint density at radius 1 is 1.19 bits per heavy atom. The van der Waals surface area contributed by atoms with Gasteiger partial charge < -0.3 is 5.11 Å². The van der Waals surface area contributed by atoms with Gasteiger partial charge in [0.25, 0.3) is 5.56 Å². The molecule has 0 atom stereocenters. The molecule has 27 heavy (non-hydrogen) atoms. The van der Waals surface area contributed by atoms with E-state index in [-0.39, 0.29) is 11.1 Å². The maximum Gasteiger partial charge on any atom is 0.337 e. The standard InChI is InChI=1S/C20H14Cl2N2O3/c21-14-6-4-11(16(22)9-14)8-12-2-1-3-15-18(12)23-17-7-5-13(20(26)27)10-24(17)19(15)25/h4-10H,1-3H2,(H,26,27)/b12-8-. The van der Waals surface area contributed by atoms with Gasteiger partial charge in [0, 0.05) is 21.8 Å². The summed E-state index contributed by atoms with van der Waals surface area (Å²) in [6.07, 6.45) is 5.45. The number of carboxylic acids is 1. The van der Waals surface area contributed by atoms with Crippen LogP contribution in [-0.2, 0) is 6.42 Å². The largest absolute Gasteiger partial charge is 0.478 e. The summed E-state index contributed by atoms with van der Waals surface area (Å²) >= 11 is 12.2. The van der Waals surface area contributed by atoms with E-state index in [0.717, 1.165) is 24.0 Å². The molecule has 0 saturated heterocycles. The molecule has 7 heteroatoms. The van der Waals surface area contributed by atoms with Gasteiger partial charge in [0.15, 0.2) is 0 Å². The highest BCUT2D eigenvalue weighted by Gasteiger charge is 2.21. The number of hydrogen-bond donors (Lipinski definition) is 1. The Balaban J connectivity index is 1.91. The molecule has 3 aromatic rings. The zero-order valence-corrected chi connectivity index (χ0v) is 15.6. The molecule has 0 spiro atoms. The van der Waals surface area contributed by atoms with Crippen molar-refractivity contribution in [2.24, 2.45) is 0 Å². The van der Waals surface area contributed by atoms with Crippen LogP contribution in [0.1, 0.15) is 40.0 Å². The number of aromatic carboxylic acids is 1. The average molecular weight is 401 g/mol. The molecule has 1 aromatic carbocycles. The van der Waals surface area contributed by atoms with Gasteiger partial charge in [0.2, 0.25) is 0 Å².